The van der Waals surface area contributed by atoms with E-state index in [4.69, 9.17) is 9.47 Å². The summed E-state index contributed by atoms with van der Waals surface area (Å²) in [5, 5.41) is 14.5. The highest BCUT2D eigenvalue weighted by atomic mass is 32.1. The SMILES string of the molecule is COc1ccc(-c2csc(NC(=O)COC(=O)c3cc(C)ccc3O)n2)cc1. The van der Waals surface area contributed by atoms with Crippen molar-refractivity contribution in [2.24, 2.45) is 0 Å². The van der Waals surface area contributed by atoms with E-state index in [1.165, 1.54) is 23.5 Å². The molecular weight excluding hydrogens is 380 g/mol. The van der Waals surface area contributed by atoms with Crippen LogP contribution in [0.4, 0.5) is 5.13 Å². The lowest BCUT2D eigenvalue weighted by Gasteiger charge is -2.07. The molecule has 2 N–H and O–H groups in total. The minimum atomic E-state index is -0.769. The van der Waals surface area contributed by atoms with Crippen molar-refractivity contribution >= 4 is 28.3 Å². The van der Waals surface area contributed by atoms with Gasteiger partial charge in [-0.15, -0.1) is 11.3 Å². The number of nitrogens with one attached hydrogen (secondary N) is 1. The molecule has 3 aromatic rings. The van der Waals surface area contributed by atoms with Gasteiger partial charge in [0, 0.05) is 10.9 Å². The molecule has 0 aliphatic heterocycles. The van der Waals surface area contributed by atoms with Crippen molar-refractivity contribution in [2.45, 2.75) is 6.92 Å². The maximum absolute atomic E-state index is 12.0. The number of phenols is 1. The minimum absolute atomic E-state index is 0.0174. The summed E-state index contributed by atoms with van der Waals surface area (Å²) < 4.78 is 10.1. The van der Waals surface area contributed by atoms with Crippen molar-refractivity contribution < 1.29 is 24.2 Å². The van der Waals surface area contributed by atoms with Gasteiger partial charge in [0.25, 0.3) is 5.91 Å². The number of rotatable bonds is 6. The number of ether oxygens (including phenoxy) is 2. The highest BCUT2D eigenvalue weighted by molar-refractivity contribution is 7.14. The Balaban J connectivity index is 1.57. The van der Waals surface area contributed by atoms with Crippen LogP contribution in [-0.4, -0.2) is 35.7 Å². The van der Waals surface area contributed by atoms with Crippen LogP contribution >= 0.6 is 11.3 Å². The zero-order valence-corrected chi connectivity index (χ0v) is 16.1. The van der Waals surface area contributed by atoms with E-state index in [1.807, 2.05) is 29.6 Å². The molecule has 1 aromatic heterocycles. The molecule has 8 heteroatoms. The molecule has 144 valence electrons. The van der Waals surface area contributed by atoms with Gasteiger partial charge in [0.05, 0.1) is 12.8 Å². The second-order valence-electron chi connectivity index (χ2n) is 5.91. The third-order valence-corrected chi connectivity index (χ3v) is 4.60. The molecule has 7 nitrogen and oxygen atoms in total. The topological polar surface area (TPSA) is 97.8 Å². The van der Waals surface area contributed by atoms with E-state index in [-0.39, 0.29) is 11.3 Å². The molecule has 0 radical (unpaired) electrons. The molecular formula is C20H18N2O5S. The Labute approximate surface area is 165 Å². The molecule has 0 spiro atoms. The van der Waals surface area contributed by atoms with Gasteiger partial charge < -0.3 is 14.6 Å². The number of phenolic OH excluding ortho intramolecular Hbond substituents is 1. The number of aromatic hydroxyl groups is 1. The maximum Gasteiger partial charge on any atom is 0.342 e. The highest BCUT2D eigenvalue weighted by Gasteiger charge is 2.15. The fourth-order valence-electron chi connectivity index (χ4n) is 2.40. The van der Waals surface area contributed by atoms with Crippen LogP contribution in [0.5, 0.6) is 11.5 Å². The zero-order valence-electron chi connectivity index (χ0n) is 15.3. The van der Waals surface area contributed by atoms with Crippen molar-refractivity contribution in [1.82, 2.24) is 4.98 Å². The summed E-state index contributed by atoms with van der Waals surface area (Å²) in [6.07, 6.45) is 0. The standard InChI is InChI=1S/C20H18N2O5S/c1-12-3-8-17(23)15(9-12)19(25)27-10-18(24)22-20-21-16(11-28-20)13-4-6-14(26-2)7-5-13/h3-9,11,23H,10H2,1-2H3,(H,21,22,24). The Morgan fingerprint density at radius 3 is 2.64 bits per heavy atom. The van der Waals surface area contributed by atoms with E-state index in [9.17, 15) is 14.7 Å². The third-order valence-electron chi connectivity index (χ3n) is 3.84. The van der Waals surface area contributed by atoms with E-state index in [1.54, 1.807) is 20.1 Å². The van der Waals surface area contributed by atoms with E-state index < -0.39 is 18.5 Å². The number of thiazole rings is 1. The van der Waals surface area contributed by atoms with Crippen LogP contribution in [-0.2, 0) is 9.53 Å². The first-order valence-corrected chi connectivity index (χ1v) is 9.21. The fraction of sp³-hybridized carbons (Fsp3) is 0.150. The number of methoxy groups -OCH3 is 1. The van der Waals surface area contributed by atoms with Crippen molar-refractivity contribution in [2.75, 3.05) is 19.0 Å². The van der Waals surface area contributed by atoms with Crippen molar-refractivity contribution in [3.63, 3.8) is 0 Å². The molecule has 1 heterocycles. The van der Waals surface area contributed by atoms with Gasteiger partial charge in [-0.25, -0.2) is 9.78 Å². The van der Waals surface area contributed by atoms with Crippen LogP contribution in [0.3, 0.4) is 0 Å². The van der Waals surface area contributed by atoms with Gasteiger partial charge in [-0.05, 0) is 43.3 Å². The smallest absolute Gasteiger partial charge is 0.342 e. The van der Waals surface area contributed by atoms with Crippen molar-refractivity contribution in [3.8, 4) is 22.8 Å². The average molecular weight is 398 g/mol. The molecule has 0 fully saturated rings. The first-order valence-electron chi connectivity index (χ1n) is 8.33. The molecule has 0 saturated carbocycles. The molecule has 0 unspecified atom stereocenters. The fourth-order valence-corrected chi connectivity index (χ4v) is 3.14. The zero-order chi connectivity index (χ0) is 20.1. The monoisotopic (exact) mass is 398 g/mol. The first kappa shape index (κ1) is 19.4. The van der Waals surface area contributed by atoms with Gasteiger partial charge in [-0.1, -0.05) is 11.6 Å². The van der Waals surface area contributed by atoms with Gasteiger partial charge in [-0.3, -0.25) is 10.1 Å². The molecule has 0 saturated heterocycles. The van der Waals surface area contributed by atoms with E-state index in [2.05, 4.69) is 10.3 Å². The van der Waals surface area contributed by atoms with Crippen LogP contribution in [0.15, 0.2) is 47.8 Å². The second-order valence-corrected chi connectivity index (χ2v) is 6.77. The number of benzene rings is 2. The summed E-state index contributed by atoms with van der Waals surface area (Å²) in [4.78, 5) is 28.4. The van der Waals surface area contributed by atoms with Crippen molar-refractivity contribution in [1.29, 1.82) is 0 Å². The molecule has 0 aliphatic rings. The lowest BCUT2D eigenvalue weighted by Crippen LogP contribution is -2.21. The number of hydrogen-bond donors (Lipinski definition) is 2. The van der Waals surface area contributed by atoms with Crippen molar-refractivity contribution in [3.05, 3.63) is 59.0 Å². The minimum Gasteiger partial charge on any atom is -0.507 e. The predicted molar refractivity (Wildman–Crippen MR) is 106 cm³/mol. The van der Waals surface area contributed by atoms with E-state index in [0.717, 1.165) is 16.9 Å². The molecule has 3 rings (SSSR count). The Morgan fingerprint density at radius 2 is 1.93 bits per heavy atom. The van der Waals surface area contributed by atoms with Crippen LogP contribution in [0.2, 0.25) is 0 Å². The number of carbonyl (C=O) groups is 2. The number of anilines is 1. The highest BCUT2D eigenvalue weighted by Crippen LogP contribution is 2.26. The summed E-state index contributed by atoms with van der Waals surface area (Å²) >= 11 is 1.26. The Morgan fingerprint density at radius 1 is 1.18 bits per heavy atom. The predicted octanol–water partition coefficient (Wildman–Crippen LogP) is 3.63. The Kier molecular flexibility index (Phi) is 5.90. The van der Waals surface area contributed by atoms with Gasteiger partial charge in [0.1, 0.15) is 17.1 Å². The number of nitrogens with zero attached hydrogens (tertiary/aromatic N) is 1. The van der Waals surface area contributed by atoms with Crippen LogP contribution in [0.1, 0.15) is 15.9 Å². The van der Waals surface area contributed by atoms with Gasteiger partial charge >= 0.3 is 5.97 Å². The molecule has 0 aliphatic carbocycles. The Hall–Kier alpha value is -3.39. The van der Waals surface area contributed by atoms with Gasteiger partial charge in [0.15, 0.2) is 11.7 Å². The van der Waals surface area contributed by atoms with Crippen LogP contribution in [0.25, 0.3) is 11.3 Å². The Bertz CT molecular complexity index is 998. The lowest BCUT2D eigenvalue weighted by molar-refractivity contribution is -0.119. The lowest BCUT2D eigenvalue weighted by atomic mass is 10.1. The largest absolute Gasteiger partial charge is 0.507 e. The van der Waals surface area contributed by atoms with Crippen LogP contribution in [0, 0.1) is 6.92 Å². The number of aromatic nitrogens is 1. The number of aryl methyl sites for hydroxylation is 1. The van der Waals surface area contributed by atoms with Gasteiger partial charge in [-0.2, -0.15) is 0 Å². The van der Waals surface area contributed by atoms with E-state index >= 15 is 0 Å². The molecule has 0 atom stereocenters. The number of hydrogen-bond acceptors (Lipinski definition) is 7. The quantitative estimate of drug-likeness (QED) is 0.616. The maximum atomic E-state index is 12.0. The normalized spacial score (nSPS) is 10.4. The molecule has 1 amide bonds. The van der Waals surface area contributed by atoms with E-state index in [0.29, 0.717) is 10.8 Å². The number of esters is 1. The number of amides is 1. The summed E-state index contributed by atoms with van der Waals surface area (Å²) in [7, 11) is 1.60. The molecule has 0 bridgehead atoms. The molecule has 2 aromatic carbocycles. The summed E-state index contributed by atoms with van der Waals surface area (Å²) in [5.41, 5.74) is 2.41. The van der Waals surface area contributed by atoms with Crippen LogP contribution < -0.4 is 10.1 Å². The second kappa shape index (κ2) is 8.53. The average Bonchev–Trinajstić information content (AvgIpc) is 3.16. The molecule has 28 heavy (non-hydrogen) atoms. The first-order chi connectivity index (χ1) is 13.5. The summed E-state index contributed by atoms with van der Waals surface area (Å²) in [6, 6.07) is 12.0. The third kappa shape index (κ3) is 4.66. The van der Waals surface area contributed by atoms with Gasteiger partial charge in [0.2, 0.25) is 0 Å². The summed E-state index contributed by atoms with van der Waals surface area (Å²) in [5.74, 6) is -0.737. The summed E-state index contributed by atoms with van der Waals surface area (Å²) in [6.45, 7) is 1.30. The number of carbonyl (C=O) groups excluding carboxylic acids is 2.